The fraction of sp³-hybridized carbons (Fsp3) is 0.588. The minimum absolute atomic E-state index is 0.274. The number of hydrogen-bond acceptors (Lipinski definition) is 0. The zero-order valence-electron chi connectivity index (χ0n) is 11.6. The summed E-state index contributed by atoms with van der Waals surface area (Å²) >= 11 is 0. The maximum absolute atomic E-state index is 2.32. The summed E-state index contributed by atoms with van der Waals surface area (Å²) in [6, 6.07) is 9.25. The lowest BCUT2D eigenvalue weighted by molar-refractivity contribution is 0.520. The highest BCUT2D eigenvalue weighted by Crippen LogP contribution is 2.29. The molecule has 0 N–H and O–H groups in total. The molecular weight excluding hydrogens is 204 g/mol. The fourth-order valence-electron chi connectivity index (χ4n) is 2.64. The van der Waals surface area contributed by atoms with Crippen LogP contribution in [-0.2, 0) is 11.8 Å². The SMILES string of the molecule is CC(C)(C)c1ccc(C[C]2CCCCC2)cc1. The first-order valence-electron chi connectivity index (χ1n) is 6.99. The fourth-order valence-corrected chi connectivity index (χ4v) is 2.64. The van der Waals surface area contributed by atoms with Gasteiger partial charge in [0.1, 0.15) is 0 Å². The smallest absolute Gasteiger partial charge is 0.0132 e. The van der Waals surface area contributed by atoms with Crippen LogP contribution in [0, 0.1) is 5.92 Å². The van der Waals surface area contributed by atoms with Gasteiger partial charge in [0.25, 0.3) is 0 Å². The van der Waals surface area contributed by atoms with Crippen LogP contribution in [0.2, 0.25) is 0 Å². The van der Waals surface area contributed by atoms with Gasteiger partial charge in [0, 0.05) is 0 Å². The predicted octanol–water partition coefficient (Wildman–Crippen LogP) is 5.07. The van der Waals surface area contributed by atoms with Gasteiger partial charge in [-0.25, -0.2) is 0 Å². The molecular formula is C17H25. The van der Waals surface area contributed by atoms with Crippen LogP contribution in [0.3, 0.4) is 0 Å². The van der Waals surface area contributed by atoms with Gasteiger partial charge in [0.05, 0.1) is 0 Å². The Balaban J connectivity index is 1.98. The van der Waals surface area contributed by atoms with Gasteiger partial charge >= 0.3 is 0 Å². The molecule has 93 valence electrons. The van der Waals surface area contributed by atoms with E-state index in [1.54, 1.807) is 5.92 Å². The van der Waals surface area contributed by atoms with Crippen molar-refractivity contribution in [2.24, 2.45) is 0 Å². The van der Waals surface area contributed by atoms with Crippen LogP contribution in [0.25, 0.3) is 0 Å². The molecule has 0 atom stereocenters. The van der Waals surface area contributed by atoms with Crippen LogP contribution in [-0.4, -0.2) is 0 Å². The molecule has 1 radical (unpaired) electrons. The van der Waals surface area contributed by atoms with Gasteiger partial charge in [-0.2, -0.15) is 0 Å². The number of benzene rings is 1. The first kappa shape index (κ1) is 12.7. The van der Waals surface area contributed by atoms with Gasteiger partial charge in [-0.15, -0.1) is 0 Å². The quantitative estimate of drug-likeness (QED) is 0.664. The Morgan fingerprint density at radius 3 is 2.00 bits per heavy atom. The Hall–Kier alpha value is -0.780. The molecule has 2 rings (SSSR count). The Bertz CT molecular complexity index is 333. The summed E-state index contributed by atoms with van der Waals surface area (Å²) in [5.41, 5.74) is 3.21. The number of hydrogen-bond donors (Lipinski definition) is 0. The van der Waals surface area contributed by atoms with E-state index >= 15 is 0 Å². The molecule has 17 heavy (non-hydrogen) atoms. The predicted molar refractivity (Wildman–Crippen MR) is 75.2 cm³/mol. The molecule has 0 heteroatoms. The maximum atomic E-state index is 2.32. The molecule has 1 aliphatic rings. The van der Waals surface area contributed by atoms with Crippen molar-refractivity contribution in [3.05, 3.63) is 41.3 Å². The van der Waals surface area contributed by atoms with E-state index < -0.39 is 0 Å². The minimum Gasteiger partial charge on any atom is -0.0587 e. The lowest BCUT2D eigenvalue weighted by Gasteiger charge is -2.22. The molecule has 1 aromatic carbocycles. The van der Waals surface area contributed by atoms with Gasteiger partial charge in [0.2, 0.25) is 0 Å². The van der Waals surface area contributed by atoms with E-state index in [1.807, 2.05) is 0 Å². The Morgan fingerprint density at radius 2 is 1.47 bits per heavy atom. The van der Waals surface area contributed by atoms with Gasteiger partial charge in [-0.3, -0.25) is 0 Å². The molecule has 0 aromatic heterocycles. The van der Waals surface area contributed by atoms with Crippen LogP contribution in [0.5, 0.6) is 0 Å². The minimum atomic E-state index is 0.274. The lowest BCUT2D eigenvalue weighted by atomic mass is 9.83. The molecule has 0 aliphatic heterocycles. The summed E-state index contributed by atoms with van der Waals surface area (Å²) in [7, 11) is 0. The van der Waals surface area contributed by atoms with Gasteiger partial charge < -0.3 is 0 Å². The average molecular weight is 229 g/mol. The average Bonchev–Trinajstić information content (AvgIpc) is 2.30. The zero-order valence-corrected chi connectivity index (χ0v) is 11.6. The van der Waals surface area contributed by atoms with Gasteiger partial charge in [0.15, 0.2) is 0 Å². The Labute approximate surface area is 106 Å². The standard InChI is InChI=1S/C17H25/c1-17(2,3)16-11-9-15(10-12-16)13-14-7-5-4-6-8-14/h9-12H,4-8,13H2,1-3H3. The van der Waals surface area contributed by atoms with E-state index in [0.717, 1.165) is 0 Å². The van der Waals surface area contributed by atoms with Gasteiger partial charge in [-0.05, 0) is 41.7 Å². The summed E-state index contributed by atoms with van der Waals surface area (Å²) in [5, 5.41) is 0. The van der Waals surface area contributed by atoms with Crippen LogP contribution < -0.4 is 0 Å². The molecule has 0 unspecified atom stereocenters. The molecule has 1 fully saturated rings. The van der Waals surface area contributed by atoms with Crippen molar-refractivity contribution in [2.45, 2.75) is 64.7 Å². The first-order chi connectivity index (χ1) is 8.05. The monoisotopic (exact) mass is 229 g/mol. The third kappa shape index (κ3) is 3.59. The molecule has 1 aromatic rings. The Morgan fingerprint density at radius 1 is 0.882 bits per heavy atom. The van der Waals surface area contributed by atoms with Crippen molar-refractivity contribution in [1.29, 1.82) is 0 Å². The normalized spacial score (nSPS) is 18.3. The topological polar surface area (TPSA) is 0 Å². The summed E-state index contributed by atoms with van der Waals surface area (Å²) in [6.45, 7) is 6.83. The summed E-state index contributed by atoms with van der Waals surface area (Å²) in [5.74, 6) is 1.76. The van der Waals surface area contributed by atoms with Crippen LogP contribution in [0.4, 0.5) is 0 Å². The summed E-state index contributed by atoms with van der Waals surface area (Å²) in [6.07, 6.45) is 8.20. The van der Waals surface area contributed by atoms with Crippen molar-refractivity contribution in [2.75, 3.05) is 0 Å². The van der Waals surface area contributed by atoms with E-state index in [2.05, 4.69) is 45.0 Å². The van der Waals surface area contributed by atoms with Crippen molar-refractivity contribution in [3.63, 3.8) is 0 Å². The highest BCUT2D eigenvalue weighted by molar-refractivity contribution is 5.29. The van der Waals surface area contributed by atoms with E-state index in [0.29, 0.717) is 0 Å². The second-order valence-electron chi connectivity index (χ2n) is 6.43. The van der Waals surface area contributed by atoms with Gasteiger partial charge in [-0.1, -0.05) is 64.3 Å². The van der Waals surface area contributed by atoms with Crippen molar-refractivity contribution in [3.8, 4) is 0 Å². The largest absolute Gasteiger partial charge is 0.0587 e. The van der Waals surface area contributed by atoms with E-state index in [-0.39, 0.29) is 5.41 Å². The summed E-state index contributed by atoms with van der Waals surface area (Å²) in [4.78, 5) is 0. The van der Waals surface area contributed by atoms with Crippen molar-refractivity contribution in [1.82, 2.24) is 0 Å². The second-order valence-corrected chi connectivity index (χ2v) is 6.43. The Kier molecular flexibility index (Phi) is 3.91. The van der Waals surface area contributed by atoms with Crippen LogP contribution in [0.1, 0.15) is 64.0 Å². The first-order valence-corrected chi connectivity index (χ1v) is 6.99. The highest BCUT2D eigenvalue weighted by atomic mass is 14.2. The maximum Gasteiger partial charge on any atom is -0.0132 e. The molecule has 0 bridgehead atoms. The molecule has 0 spiro atoms. The van der Waals surface area contributed by atoms with Crippen LogP contribution in [0.15, 0.2) is 24.3 Å². The molecule has 1 aliphatic carbocycles. The summed E-state index contributed by atoms with van der Waals surface area (Å²) < 4.78 is 0. The molecule has 0 amide bonds. The molecule has 1 saturated carbocycles. The van der Waals surface area contributed by atoms with Crippen molar-refractivity contribution >= 4 is 0 Å². The lowest BCUT2D eigenvalue weighted by Crippen LogP contribution is -2.11. The zero-order chi connectivity index (χ0) is 12.3. The van der Waals surface area contributed by atoms with Crippen LogP contribution >= 0.6 is 0 Å². The third-order valence-electron chi connectivity index (χ3n) is 3.83. The molecule has 0 nitrogen and oxygen atoms in total. The molecule has 0 saturated heterocycles. The van der Waals surface area contributed by atoms with E-state index in [9.17, 15) is 0 Å². The highest BCUT2D eigenvalue weighted by Gasteiger charge is 2.16. The third-order valence-corrected chi connectivity index (χ3v) is 3.83. The van der Waals surface area contributed by atoms with E-state index in [1.165, 1.54) is 49.7 Å². The second kappa shape index (κ2) is 5.25. The van der Waals surface area contributed by atoms with E-state index in [4.69, 9.17) is 0 Å². The number of rotatable bonds is 2. The molecule has 0 heterocycles. The van der Waals surface area contributed by atoms with Crippen molar-refractivity contribution < 1.29 is 0 Å².